The third-order valence-electron chi connectivity index (χ3n) is 2.84. The highest BCUT2D eigenvalue weighted by molar-refractivity contribution is 5.89. The minimum Gasteiger partial charge on any atom is -0.477 e. The molecule has 19 heavy (non-hydrogen) atoms. The van der Waals surface area contributed by atoms with Gasteiger partial charge in [0, 0.05) is 18.0 Å². The Morgan fingerprint density at radius 1 is 1.32 bits per heavy atom. The van der Waals surface area contributed by atoms with Gasteiger partial charge in [0.25, 0.3) is 0 Å². The van der Waals surface area contributed by atoms with Crippen LogP contribution in [0.25, 0.3) is 5.69 Å². The summed E-state index contributed by atoms with van der Waals surface area (Å²) in [4.78, 5) is 11.2. The van der Waals surface area contributed by atoms with Crippen LogP contribution in [0.2, 0.25) is 0 Å². The van der Waals surface area contributed by atoms with Crippen molar-refractivity contribution in [3.05, 3.63) is 41.7 Å². The number of nitriles is 1. The summed E-state index contributed by atoms with van der Waals surface area (Å²) in [5, 5.41) is 18.1. The van der Waals surface area contributed by atoms with Gasteiger partial charge in [0.2, 0.25) is 6.79 Å². The van der Waals surface area contributed by atoms with E-state index in [9.17, 15) is 9.90 Å². The van der Waals surface area contributed by atoms with Crippen LogP contribution in [0.4, 0.5) is 0 Å². The molecule has 6 nitrogen and oxygen atoms in total. The average molecular weight is 256 g/mol. The fourth-order valence-electron chi connectivity index (χ4n) is 1.99. The maximum absolute atomic E-state index is 11.2. The second kappa shape index (κ2) is 4.07. The second-order valence-corrected chi connectivity index (χ2v) is 3.90. The molecule has 94 valence electrons. The van der Waals surface area contributed by atoms with Gasteiger partial charge in [-0.05, 0) is 18.2 Å². The summed E-state index contributed by atoms with van der Waals surface area (Å²) in [5.74, 6) is 0.0218. The third kappa shape index (κ3) is 1.68. The number of carboxylic acid groups (broad SMARTS) is 1. The molecule has 0 spiro atoms. The zero-order valence-corrected chi connectivity index (χ0v) is 9.66. The van der Waals surface area contributed by atoms with E-state index in [0.29, 0.717) is 17.2 Å². The van der Waals surface area contributed by atoms with Gasteiger partial charge in [-0.3, -0.25) is 0 Å². The summed E-state index contributed by atoms with van der Waals surface area (Å²) >= 11 is 0. The van der Waals surface area contributed by atoms with E-state index in [1.165, 1.54) is 10.6 Å². The van der Waals surface area contributed by atoms with Crippen molar-refractivity contribution in [3.8, 4) is 23.3 Å². The van der Waals surface area contributed by atoms with Crippen LogP contribution in [0.5, 0.6) is 11.5 Å². The molecule has 0 saturated heterocycles. The van der Waals surface area contributed by atoms with Gasteiger partial charge < -0.3 is 19.1 Å². The van der Waals surface area contributed by atoms with Gasteiger partial charge in [-0.15, -0.1) is 0 Å². The Morgan fingerprint density at radius 3 is 2.84 bits per heavy atom. The standard InChI is InChI=1S/C13H8N2O4/c14-6-8-3-4-15(12(8)13(16)17)9-1-2-10-11(5-9)19-7-18-10/h1-5H,7H2,(H,16,17). The summed E-state index contributed by atoms with van der Waals surface area (Å²) in [7, 11) is 0. The van der Waals surface area contributed by atoms with Crippen LogP contribution < -0.4 is 9.47 Å². The number of nitrogens with zero attached hydrogens (tertiary/aromatic N) is 2. The van der Waals surface area contributed by atoms with Crippen molar-refractivity contribution in [1.82, 2.24) is 4.57 Å². The van der Waals surface area contributed by atoms with Crippen LogP contribution in [0.1, 0.15) is 16.1 Å². The normalized spacial score (nSPS) is 12.2. The van der Waals surface area contributed by atoms with Gasteiger partial charge >= 0.3 is 5.97 Å². The number of hydrogen-bond acceptors (Lipinski definition) is 4. The first kappa shape index (κ1) is 11.2. The third-order valence-corrected chi connectivity index (χ3v) is 2.84. The van der Waals surface area contributed by atoms with Crippen LogP contribution in [-0.2, 0) is 0 Å². The fourth-order valence-corrected chi connectivity index (χ4v) is 1.99. The molecule has 0 bridgehead atoms. The molecule has 0 aliphatic carbocycles. The number of fused-ring (bicyclic) bond motifs is 1. The second-order valence-electron chi connectivity index (χ2n) is 3.90. The van der Waals surface area contributed by atoms with Crippen LogP contribution in [-0.4, -0.2) is 22.4 Å². The first-order valence-electron chi connectivity index (χ1n) is 5.45. The van der Waals surface area contributed by atoms with Crippen molar-refractivity contribution in [2.45, 2.75) is 0 Å². The van der Waals surface area contributed by atoms with Gasteiger partial charge in [0.15, 0.2) is 11.5 Å². The van der Waals surface area contributed by atoms with Gasteiger partial charge in [-0.25, -0.2) is 4.79 Å². The summed E-state index contributed by atoms with van der Waals surface area (Å²) in [5.41, 5.74) is 0.648. The summed E-state index contributed by atoms with van der Waals surface area (Å²) in [6, 6.07) is 8.42. The molecule has 6 heteroatoms. The van der Waals surface area contributed by atoms with E-state index in [1.54, 1.807) is 24.4 Å². The molecule has 2 aromatic rings. The Morgan fingerprint density at radius 2 is 2.11 bits per heavy atom. The van der Waals surface area contributed by atoms with Gasteiger partial charge in [-0.2, -0.15) is 5.26 Å². The molecule has 0 saturated carbocycles. The smallest absolute Gasteiger partial charge is 0.354 e. The number of rotatable bonds is 2. The molecule has 0 unspecified atom stereocenters. The summed E-state index contributed by atoms with van der Waals surface area (Å²) in [6.45, 7) is 0.152. The molecule has 1 N–H and O–H groups in total. The van der Waals surface area contributed by atoms with E-state index in [2.05, 4.69) is 0 Å². The Labute approximate surface area is 108 Å². The molecular formula is C13H8N2O4. The van der Waals surface area contributed by atoms with E-state index in [-0.39, 0.29) is 18.1 Å². The molecule has 1 aromatic heterocycles. The number of aromatic nitrogens is 1. The van der Waals surface area contributed by atoms with E-state index >= 15 is 0 Å². The lowest BCUT2D eigenvalue weighted by atomic mass is 10.2. The molecule has 0 fully saturated rings. The average Bonchev–Trinajstić information content (AvgIpc) is 3.03. The van der Waals surface area contributed by atoms with Crippen LogP contribution in [0.15, 0.2) is 30.5 Å². The topological polar surface area (TPSA) is 84.5 Å². The lowest BCUT2D eigenvalue weighted by Gasteiger charge is -2.07. The molecule has 0 radical (unpaired) electrons. The van der Waals surface area contributed by atoms with Gasteiger partial charge in [0.1, 0.15) is 11.8 Å². The molecule has 0 amide bonds. The molecule has 1 aliphatic rings. The van der Waals surface area contributed by atoms with Crippen molar-refractivity contribution < 1.29 is 19.4 Å². The first-order chi connectivity index (χ1) is 9.20. The predicted molar refractivity (Wildman–Crippen MR) is 63.6 cm³/mol. The summed E-state index contributed by atoms with van der Waals surface area (Å²) in [6.07, 6.45) is 1.54. The predicted octanol–water partition coefficient (Wildman–Crippen LogP) is 1.78. The maximum atomic E-state index is 11.2. The van der Waals surface area contributed by atoms with Crippen molar-refractivity contribution in [3.63, 3.8) is 0 Å². The molecule has 2 heterocycles. The van der Waals surface area contributed by atoms with E-state index in [0.717, 1.165) is 0 Å². The lowest BCUT2D eigenvalue weighted by Crippen LogP contribution is -2.07. The monoisotopic (exact) mass is 256 g/mol. The molecule has 1 aliphatic heterocycles. The number of carbonyl (C=O) groups is 1. The zero-order valence-electron chi connectivity index (χ0n) is 9.66. The molecule has 3 rings (SSSR count). The molecule has 1 aromatic carbocycles. The SMILES string of the molecule is N#Cc1ccn(-c2ccc3c(c2)OCO3)c1C(=O)O. The Balaban J connectivity index is 2.15. The van der Waals surface area contributed by atoms with Crippen molar-refractivity contribution >= 4 is 5.97 Å². The van der Waals surface area contributed by atoms with Gasteiger partial charge in [0.05, 0.1) is 5.56 Å². The lowest BCUT2D eigenvalue weighted by molar-refractivity contribution is 0.0688. The first-order valence-corrected chi connectivity index (χ1v) is 5.45. The van der Waals surface area contributed by atoms with Crippen LogP contribution >= 0.6 is 0 Å². The molecular weight excluding hydrogens is 248 g/mol. The van der Waals surface area contributed by atoms with E-state index < -0.39 is 5.97 Å². The highest BCUT2D eigenvalue weighted by atomic mass is 16.7. The van der Waals surface area contributed by atoms with Crippen LogP contribution in [0, 0.1) is 11.3 Å². The number of ether oxygens (including phenoxy) is 2. The number of aromatic carboxylic acids is 1. The summed E-state index contributed by atoms with van der Waals surface area (Å²) < 4.78 is 11.9. The Hall–Kier alpha value is -2.94. The quantitative estimate of drug-likeness (QED) is 0.885. The highest BCUT2D eigenvalue weighted by Crippen LogP contribution is 2.34. The Bertz CT molecular complexity index is 712. The van der Waals surface area contributed by atoms with E-state index in [4.69, 9.17) is 14.7 Å². The van der Waals surface area contributed by atoms with E-state index in [1.807, 2.05) is 6.07 Å². The highest BCUT2D eigenvalue weighted by Gasteiger charge is 2.19. The largest absolute Gasteiger partial charge is 0.477 e. The minimum absolute atomic E-state index is 0.0682. The molecule has 0 atom stereocenters. The fraction of sp³-hybridized carbons (Fsp3) is 0.0769. The van der Waals surface area contributed by atoms with Crippen molar-refractivity contribution in [2.75, 3.05) is 6.79 Å². The van der Waals surface area contributed by atoms with Crippen molar-refractivity contribution in [2.24, 2.45) is 0 Å². The Kier molecular flexibility index (Phi) is 2.39. The number of hydrogen-bond donors (Lipinski definition) is 1. The van der Waals surface area contributed by atoms with Crippen LogP contribution in [0.3, 0.4) is 0 Å². The van der Waals surface area contributed by atoms with Crippen molar-refractivity contribution in [1.29, 1.82) is 5.26 Å². The number of benzene rings is 1. The minimum atomic E-state index is -1.15. The zero-order chi connectivity index (χ0) is 13.4. The maximum Gasteiger partial charge on any atom is 0.354 e. The number of carboxylic acids is 1. The van der Waals surface area contributed by atoms with Gasteiger partial charge in [-0.1, -0.05) is 0 Å².